The van der Waals surface area contributed by atoms with Crippen LogP contribution in [0.2, 0.25) is 0 Å². The number of morpholine rings is 1. The second-order valence-electron chi connectivity index (χ2n) is 6.83. The number of halogens is 3. The number of nitrogens with zero attached hydrogens (tertiary/aromatic N) is 3. The Bertz CT molecular complexity index is 772. The number of carboxylic acid groups (broad SMARTS) is 1. The first-order chi connectivity index (χ1) is 14.1. The van der Waals surface area contributed by atoms with E-state index in [1.54, 1.807) is 17.4 Å². The molecule has 1 aromatic heterocycles. The summed E-state index contributed by atoms with van der Waals surface area (Å²) in [4.78, 5) is 8.90. The molecule has 30 heavy (non-hydrogen) atoms. The van der Waals surface area contributed by atoms with Gasteiger partial charge in [0.15, 0.2) is 0 Å². The fourth-order valence-corrected chi connectivity index (χ4v) is 4.79. The van der Waals surface area contributed by atoms with Gasteiger partial charge in [0.2, 0.25) is 10.0 Å². The Hall–Kier alpha value is -1.70. The lowest BCUT2D eigenvalue weighted by Gasteiger charge is -2.37. The largest absolute Gasteiger partial charge is 0.490 e. The lowest BCUT2D eigenvalue weighted by Crippen LogP contribution is -2.54. The monoisotopic (exact) mass is 457 g/mol. The van der Waals surface area contributed by atoms with Crippen LogP contribution in [-0.4, -0.2) is 83.5 Å². The Balaban J connectivity index is 0.000000396. The normalized spacial score (nSPS) is 24.7. The first-order valence-electron chi connectivity index (χ1n) is 9.56. The van der Waals surface area contributed by atoms with Crippen molar-refractivity contribution in [3.05, 3.63) is 18.5 Å². The van der Waals surface area contributed by atoms with Crippen LogP contribution >= 0.6 is 0 Å². The van der Waals surface area contributed by atoms with Crippen molar-refractivity contribution in [2.75, 3.05) is 25.5 Å². The lowest BCUT2D eigenvalue weighted by atomic mass is 10.1. The summed E-state index contributed by atoms with van der Waals surface area (Å²) in [6, 6.07) is 1.84. The Labute approximate surface area is 172 Å². The van der Waals surface area contributed by atoms with E-state index >= 15 is 0 Å². The Kier molecular flexibility index (Phi) is 8.64. The van der Waals surface area contributed by atoms with Crippen molar-refractivity contribution >= 4 is 16.0 Å². The van der Waals surface area contributed by atoms with Crippen molar-refractivity contribution in [1.82, 2.24) is 14.1 Å². The van der Waals surface area contributed by atoms with Gasteiger partial charge in [-0.2, -0.15) is 22.6 Å². The SMILES string of the molecule is CCS(=O)(=O)N1CCO[C@H]2[C@H](OCCCn3cccn3)CC[C@@H]21.O=C(O)C(F)(F)F. The molecule has 172 valence electrons. The predicted octanol–water partition coefficient (Wildman–Crippen LogP) is 1.50. The van der Waals surface area contributed by atoms with Gasteiger partial charge >= 0.3 is 12.1 Å². The maximum absolute atomic E-state index is 12.2. The average molecular weight is 457 g/mol. The molecule has 1 aliphatic carbocycles. The molecule has 2 fully saturated rings. The number of aromatic nitrogens is 2. The molecule has 0 spiro atoms. The minimum Gasteiger partial charge on any atom is -0.475 e. The minimum atomic E-state index is -5.08. The van der Waals surface area contributed by atoms with Crippen LogP contribution in [0.4, 0.5) is 13.2 Å². The van der Waals surface area contributed by atoms with E-state index < -0.39 is 22.2 Å². The van der Waals surface area contributed by atoms with E-state index in [4.69, 9.17) is 19.4 Å². The number of hydrogen-bond acceptors (Lipinski definition) is 6. The zero-order valence-electron chi connectivity index (χ0n) is 16.5. The van der Waals surface area contributed by atoms with Gasteiger partial charge in [-0.25, -0.2) is 13.2 Å². The Morgan fingerprint density at radius 3 is 2.63 bits per heavy atom. The van der Waals surface area contributed by atoms with Gasteiger partial charge in [-0.3, -0.25) is 4.68 Å². The molecule has 1 saturated heterocycles. The van der Waals surface area contributed by atoms with Crippen LogP contribution < -0.4 is 0 Å². The van der Waals surface area contributed by atoms with E-state index in [0.717, 1.165) is 25.8 Å². The average Bonchev–Trinajstić information content (AvgIpc) is 3.34. The summed E-state index contributed by atoms with van der Waals surface area (Å²) >= 11 is 0. The number of hydrogen-bond donors (Lipinski definition) is 1. The van der Waals surface area contributed by atoms with Gasteiger partial charge in [0.25, 0.3) is 0 Å². The highest BCUT2D eigenvalue weighted by Gasteiger charge is 2.46. The molecule has 2 heterocycles. The Morgan fingerprint density at radius 2 is 2.07 bits per heavy atom. The van der Waals surface area contributed by atoms with Gasteiger partial charge in [-0.05, 0) is 32.3 Å². The van der Waals surface area contributed by atoms with E-state index in [2.05, 4.69) is 5.10 Å². The van der Waals surface area contributed by atoms with E-state index in [1.807, 2.05) is 16.9 Å². The number of carbonyl (C=O) groups is 1. The molecule has 2 aliphatic rings. The van der Waals surface area contributed by atoms with Crippen molar-refractivity contribution in [3.8, 4) is 0 Å². The standard InChI is InChI=1S/C15H25N3O4S.C2HF3O2/c1-2-23(19,20)18-10-12-22-15-13(18)5-6-14(15)21-11-4-9-17-8-3-7-16-17;3-2(4,5)1(6)7/h3,7-8,13-15H,2,4-6,9-12H2,1H3;(H,6,7)/t13-,14+,15+;/m0./s1. The number of aryl methyl sites for hydroxylation is 1. The van der Waals surface area contributed by atoms with Crippen LogP contribution in [-0.2, 0) is 30.8 Å². The van der Waals surface area contributed by atoms with Crippen LogP contribution in [0.5, 0.6) is 0 Å². The summed E-state index contributed by atoms with van der Waals surface area (Å²) in [6.07, 6.45) is 1.03. The number of alkyl halides is 3. The molecule has 1 N–H and O–H groups in total. The highest BCUT2D eigenvalue weighted by molar-refractivity contribution is 7.89. The third-order valence-corrected chi connectivity index (χ3v) is 6.77. The fourth-order valence-electron chi connectivity index (χ4n) is 3.47. The molecule has 3 atom stereocenters. The van der Waals surface area contributed by atoms with Crippen molar-refractivity contribution < 1.29 is 41.0 Å². The number of rotatable bonds is 7. The van der Waals surface area contributed by atoms with Gasteiger partial charge in [0.1, 0.15) is 6.10 Å². The van der Waals surface area contributed by atoms with Crippen LogP contribution in [0, 0.1) is 0 Å². The molecular weight excluding hydrogens is 431 g/mol. The van der Waals surface area contributed by atoms with Crippen LogP contribution in [0.15, 0.2) is 18.5 Å². The highest BCUT2D eigenvalue weighted by Crippen LogP contribution is 2.33. The molecule has 1 aromatic rings. The maximum Gasteiger partial charge on any atom is 0.490 e. The molecule has 3 rings (SSSR count). The van der Waals surface area contributed by atoms with Crippen molar-refractivity contribution in [1.29, 1.82) is 0 Å². The fraction of sp³-hybridized carbons (Fsp3) is 0.765. The molecule has 0 aromatic carbocycles. The molecule has 0 bridgehead atoms. The van der Waals surface area contributed by atoms with Gasteiger partial charge < -0.3 is 14.6 Å². The zero-order chi connectivity index (χ0) is 22.4. The summed E-state index contributed by atoms with van der Waals surface area (Å²) in [5, 5.41) is 11.3. The molecule has 1 aliphatic heterocycles. The van der Waals surface area contributed by atoms with Gasteiger partial charge in [0, 0.05) is 32.1 Å². The number of ether oxygens (including phenoxy) is 2. The van der Waals surface area contributed by atoms with E-state index in [0.29, 0.717) is 19.8 Å². The zero-order valence-corrected chi connectivity index (χ0v) is 17.3. The summed E-state index contributed by atoms with van der Waals surface area (Å²) in [5.41, 5.74) is 0. The van der Waals surface area contributed by atoms with Gasteiger partial charge in [-0.15, -0.1) is 0 Å². The van der Waals surface area contributed by atoms with Crippen LogP contribution in [0.1, 0.15) is 26.2 Å². The molecule has 0 radical (unpaired) electrons. The highest BCUT2D eigenvalue weighted by atomic mass is 32.2. The quantitative estimate of drug-likeness (QED) is 0.618. The summed E-state index contributed by atoms with van der Waals surface area (Å²) in [5.74, 6) is -2.61. The molecule has 0 unspecified atom stereocenters. The smallest absolute Gasteiger partial charge is 0.475 e. The third-order valence-electron chi connectivity index (χ3n) is 4.87. The van der Waals surface area contributed by atoms with Crippen molar-refractivity contribution in [3.63, 3.8) is 0 Å². The van der Waals surface area contributed by atoms with Crippen molar-refractivity contribution in [2.45, 2.75) is 57.2 Å². The minimum absolute atomic E-state index is 0.00697. The predicted molar refractivity (Wildman–Crippen MR) is 99.2 cm³/mol. The number of fused-ring (bicyclic) bond motifs is 1. The van der Waals surface area contributed by atoms with Gasteiger partial charge in [-0.1, -0.05) is 0 Å². The third kappa shape index (κ3) is 6.65. The topological polar surface area (TPSA) is 111 Å². The van der Waals surface area contributed by atoms with Crippen LogP contribution in [0.3, 0.4) is 0 Å². The number of aliphatic carboxylic acids is 1. The summed E-state index contributed by atoms with van der Waals surface area (Å²) in [6.45, 7) is 4.07. The second-order valence-corrected chi connectivity index (χ2v) is 9.04. The first-order valence-corrected chi connectivity index (χ1v) is 11.2. The molecule has 13 heteroatoms. The van der Waals surface area contributed by atoms with E-state index in [9.17, 15) is 21.6 Å². The van der Waals surface area contributed by atoms with Gasteiger partial charge in [0.05, 0.1) is 24.5 Å². The van der Waals surface area contributed by atoms with E-state index in [-0.39, 0.29) is 24.0 Å². The lowest BCUT2D eigenvalue weighted by molar-refractivity contribution is -0.192. The molecular formula is C17H26F3N3O6S. The molecule has 1 saturated carbocycles. The van der Waals surface area contributed by atoms with E-state index in [1.165, 1.54) is 0 Å². The number of sulfonamides is 1. The first kappa shape index (κ1) is 24.6. The van der Waals surface area contributed by atoms with Crippen LogP contribution in [0.25, 0.3) is 0 Å². The summed E-state index contributed by atoms with van der Waals surface area (Å²) < 4.78 is 71.5. The second kappa shape index (κ2) is 10.6. The maximum atomic E-state index is 12.2. The molecule has 0 amide bonds. The number of carboxylic acids is 1. The molecule has 9 nitrogen and oxygen atoms in total. The van der Waals surface area contributed by atoms with Crippen molar-refractivity contribution in [2.24, 2.45) is 0 Å². The Morgan fingerprint density at radius 1 is 1.37 bits per heavy atom. The summed E-state index contributed by atoms with van der Waals surface area (Å²) in [7, 11) is -3.17.